The number of rotatable bonds is 17. The first-order valence-corrected chi connectivity index (χ1v) is 19.1. The van der Waals surface area contributed by atoms with Gasteiger partial charge < -0.3 is 49.7 Å². The van der Waals surface area contributed by atoms with E-state index < -0.39 is 48.7 Å². The van der Waals surface area contributed by atoms with Crippen LogP contribution in [0.2, 0.25) is 0 Å². The number of carbonyl (C=O) groups excluding carboxylic acids is 6. The van der Waals surface area contributed by atoms with E-state index in [1.54, 1.807) is 20.8 Å². The highest BCUT2D eigenvalue weighted by molar-refractivity contribution is 5.81. The van der Waals surface area contributed by atoms with Crippen LogP contribution in [0.3, 0.4) is 0 Å². The topological polar surface area (TPSA) is 206 Å². The molecular weight excluding hydrogens is 716 g/mol. The Morgan fingerprint density at radius 2 is 1.13 bits per heavy atom. The maximum absolute atomic E-state index is 12.9. The molecule has 2 fully saturated rings. The first-order chi connectivity index (χ1) is 25.4. The summed E-state index contributed by atoms with van der Waals surface area (Å²) in [5, 5.41) is 11.1. The standard InChI is InChI=1S/C39H66N4O12/c1-12-30(44)50-19-25(2)53-31(45)13-14-38(9)17-28(15-36(5,6)22-38)42-34(48)52-21-27(4)55-35(49)43-29-16-37(7,8)23-39(10,18-29)24-41-33(47)51-20-26(3)54-32(46)40-11/h12,25-29H,1,13-24H2,2-11H3,(H,40,46)(H,41,47)(H,42,48)(H,43,49). The van der Waals surface area contributed by atoms with Gasteiger partial charge in [0.2, 0.25) is 0 Å². The monoisotopic (exact) mass is 782 g/mol. The van der Waals surface area contributed by atoms with Crippen LogP contribution in [0.4, 0.5) is 19.2 Å². The van der Waals surface area contributed by atoms with Crippen LogP contribution < -0.4 is 21.3 Å². The second-order valence-electron chi connectivity index (χ2n) is 17.7. The molecule has 0 radical (unpaired) electrons. The minimum absolute atomic E-state index is 0.0532. The van der Waals surface area contributed by atoms with Crippen LogP contribution in [-0.2, 0) is 38.0 Å². The zero-order valence-corrected chi connectivity index (χ0v) is 34.6. The van der Waals surface area contributed by atoms with Crippen LogP contribution >= 0.6 is 0 Å². The number of nitrogens with one attached hydrogen (secondary N) is 4. The molecule has 7 atom stereocenters. The Balaban J connectivity index is 1.81. The van der Waals surface area contributed by atoms with Gasteiger partial charge in [-0.2, -0.15) is 0 Å². The summed E-state index contributed by atoms with van der Waals surface area (Å²) < 4.78 is 31.6. The fourth-order valence-corrected chi connectivity index (χ4v) is 8.40. The molecule has 0 heterocycles. The van der Waals surface area contributed by atoms with Crippen molar-refractivity contribution in [3.05, 3.63) is 12.7 Å². The number of carbonyl (C=O) groups is 6. The Kier molecular flexibility index (Phi) is 17.6. The van der Waals surface area contributed by atoms with E-state index in [0.717, 1.165) is 25.3 Å². The molecule has 7 unspecified atom stereocenters. The number of hydrogen-bond acceptors (Lipinski definition) is 12. The lowest BCUT2D eigenvalue weighted by Gasteiger charge is -2.47. The summed E-state index contributed by atoms with van der Waals surface area (Å²) in [5.41, 5.74) is -0.863. The third-order valence-electron chi connectivity index (χ3n) is 9.80. The van der Waals surface area contributed by atoms with Gasteiger partial charge in [0.25, 0.3) is 0 Å². The molecular formula is C39H66N4O12. The third-order valence-corrected chi connectivity index (χ3v) is 9.80. The van der Waals surface area contributed by atoms with E-state index in [1.807, 2.05) is 6.92 Å². The highest BCUT2D eigenvalue weighted by atomic mass is 16.6. The van der Waals surface area contributed by atoms with Crippen molar-refractivity contribution in [1.29, 1.82) is 0 Å². The SMILES string of the molecule is C=CC(=O)OCC(C)OC(=O)CCC1(C)CC(NC(=O)OCC(C)OC(=O)NC2CC(C)(C)CC(C)(CNC(=O)OCC(C)OC(=O)NC)C2)CC(C)(C)C1. The fourth-order valence-electron chi connectivity index (χ4n) is 8.40. The largest absolute Gasteiger partial charge is 0.459 e. The summed E-state index contributed by atoms with van der Waals surface area (Å²) in [6, 6.07) is -0.423. The summed E-state index contributed by atoms with van der Waals surface area (Å²) in [6.07, 6.45) is 1.66. The second kappa shape index (κ2) is 20.6. The lowest BCUT2D eigenvalue weighted by atomic mass is 9.61. The predicted octanol–water partition coefficient (Wildman–Crippen LogP) is 5.91. The predicted molar refractivity (Wildman–Crippen MR) is 203 cm³/mol. The molecule has 4 amide bonds. The van der Waals surface area contributed by atoms with E-state index >= 15 is 0 Å². The van der Waals surface area contributed by atoms with Crippen molar-refractivity contribution in [2.24, 2.45) is 21.7 Å². The van der Waals surface area contributed by atoms with Crippen molar-refractivity contribution < 1.29 is 57.2 Å². The van der Waals surface area contributed by atoms with E-state index in [2.05, 4.69) is 62.5 Å². The number of alkyl carbamates (subject to hydrolysis) is 4. The highest BCUT2D eigenvalue weighted by Crippen LogP contribution is 2.49. The van der Waals surface area contributed by atoms with Crippen molar-refractivity contribution in [3.63, 3.8) is 0 Å². The summed E-state index contributed by atoms with van der Waals surface area (Å²) in [6.45, 7) is 20.9. The van der Waals surface area contributed by atoms with E-state index in [1.165, 1.54) is 7.05 Å². The zero-order valence-electron chi connectivity index (χ0n) is 34.6. The first-order valence-electron chi connectivity index (χ1n) is 19.1. The van der Waals surface area contributed by atoms with Gasteiger partial charge in [-0.15, -0.1) is 0 Å². The molecule has 16 heteroatoms. The molecule has 314 valence electrons. The number of esters is 2. The van der Waals surface area contributed by atoms with Crippen LogP contribution in [0.1, 0.15) is 114 Å². The molecule has 2 rings (SSSR count). The molecule has 0 bridgehead atoms. The van der Waals surface area contributed by atoms with E-state index in [-0.39, 0.29) is 66.0 Å². The lowest BCUT2D eigenvalue weighted by molar-refractivity contribution is -0.156. The van der Waals surface area contributed by atoms with Gasteiger partial charge in [-0.05, 0) is 87.4 Å². The van der Waals surface area contributed by atoms with E-state index in [4.69, 9.17) is 28.4 Å². The first kappa shape index (κ1) is 46.9. The van der Waals surface area contributed by atoms with Crippen molar-refractivity contribution >= 4 is 36.3 Å². The van der Waals surface area contributed by atoms with Crippen molar-refractivity contribution in [3.8, 4) is 0 Å². The maximum atomic E-state index is 12.9. The normalized spacial score (nSPS) is 25.6. The van der Waals surface area contributed by atoms with E-state index in [0.29, 0.717) is 32.2 Å². The van der Waals surface area contributed by atoms with Crippen molar-refractivity contribution in [2.75, 3.05) is 33.4 Å². The van der Waals surface area contributed by atoms with Gasteiger partial charge in [0.15, 0.2) is 0 Å². The Morgan fingerprint density at radius 3 is 1.69 bits per heavy atom. The molecule has 4 N–H and O–H groups in total. The molecule has 0 aromatic carbocycles. The Labute approximate surface area is 326 Å². The third kappa shape index (κ3) is 18.3. The second-order valence-corrected chi connectivity index (χ2v) is 17.7. The number of ether oxygens (including phenoxy) is 6. The Morgan fingerprint density at radius 1 is 0.655 bits per heavy atom. The van der Waals surface area contributed by atoms with Crippen LogP contribution in [0.5, 0.6) is 0 Å². The molecule has 55 heavy (non-hydrogen) atoms. The molecule has 0 aromatic heterocycles. The minimum atomic E-state index is -0.721. The minimum Gasteiger partial charge on any atom is -0.459 e. The molecule has 2 saturated carbocycles. The molecule has 16 nitrogen and oxygen atoms in total. The van der Waals surface area contributed by atoms with Gasteiger partial charge in [0, 0.05) is 38.2 Å². The van der Waals surface area contributed by atoms with Crippen LogP contribution in [0.15, 0.2) is 12.7 Å². The van der Waals surface area contributed by atoms with E-state index in [9.17, 15) is 28.8 Å². The molecule has 0 spiro atoms. The van der Waals surface area contributed by atoms with Gasteiger partial charge in [-0.25, -0.2) is 24.0 Å². The van der Waals surface area contributed by atoms with Crippen LogP contribution in [0, 0.1) is 21.7 Å². The smallest absolute Gasteiger partial charge is 0.407 e. The van der Waals surface area contributed by atoms with Gasteiger partial charge in [0.1, 0.15) is 38.1 Å². The summed E-state index contributed by atoms with van der Waals surface area (Å²) in [5.74, 6) is -0.969. The molecule has 0 aromatic rings. The summed E-state index contributed by atoms with van der Waals surface area (Å²) in [4.78, 5) is 73.3. The van der Waals surface area contributed by atoms with Crippen molar-refractivity contribution in [1.82, 2.24) is 21.3 Å². The summed E-state index contributed by atoms with van der Waals surface area (Å²) in [7, 11) is 1.44. The maximum Gasteiger partial charge on any atom is 0.407 e. The molecule has 0 aliphatic heterocycles. The average molecular weight is 783 g/mol. The zero-order chi connectivity index (χ0) is 41.6. The Bertz CT molecular complexity index is 1360. The molecule has 2 aliphatic rings. The number of amides is 4. The fraction of sp³-hybridized carbons (Fsp3) is 0.795. The lowest BCUT2D eigenvalue weighted by Crippen LogP contribution is -2.51. The highest BCUT2D eigenvalue weighted by Gasteiger charge is 2.43. The Hall–Kier alpha value is -4.24. The van der Waals surface area contributed by atoms with Gasteiger partial charge in [-0.3, -0.25) is 4.79 Å². The molecule has 0 saturated heterocycles. The van der Waals surface area contributed by atoms with Crippen LogP contribution in [0.25, 0.3) is 0 Å². The number of hydrogen-bond donors (Lipinski definition) is 4. The summed E-state index contributed by atoms with van der Waals surface area (Å²) >= 11 is 0. The molecule has 2 aliphatic carbocycles. The van der Waals surface area contributed by atoms with Gasteiger partial charge in [-0.1, -0.05) is 48.1 Å². The van der Waals surface area contributed by atoms with Gasteiger partial charge in [0.05, 0.1) is 0 Å². The van der Waals surface area contributed by atoms with Gasteiger partial charge >= 0.3 is 36.3 Å². The quantitative estimate of drug-likeness (QED) is 0.0772. The average Bonchev–Trinajstić information content (AvgIpc) is 3.05. The van der Waals surface area contributed by atoms with Crippen LogP contribution in [-0.4, -0.2) is 100 Å². The van der Waals surface area contributed by atoms with Crippen molar-refractivity contribution in [2.45, 2.75) is 144 Å².